The summed E-state index contributed by atoms with van der Waals surface area (Å²) in [5.41, 5.74) is 32.6. The maximum absolute atomic E-state index is 13.5. The summed E-state index contributed by atoms with van der Waals surface area (Å²) in [5.74, 6) is -4.28. The first-order valence-electron chi connectivity index (χ1n) is 41.2. The van der Waals surface area contributed by atoms with Crippen molar-refractivity contribution in [3.63, 3.8) is 0 Å². The van der Waals surface area contributed by atoms with E-state index in [4.69, 9.17) is 57.8 Å². The third-order valence-electron chi connectivity index (χ3n) is 17.5. The van der Waals surface area contributed by atoms with Gasteiger partial charge in [-0.05, 0) is 272 Å². The number of ether oxygens (including phenoxy) is 2. The summed E-state index contributed by atoms with van der Waals surface area (Å²) in [6.45, 7) is 26.9. The molecule has 1 aliphatic heterocycles. The molecule has 0 unspecified atom stereocenters. The Hall–Kier alpha value is -14.1. The summed E-state index contributed by atoms with van der Waals surface area (Å²) in [7, 11) is 4.34. The van der Waals surface area contributed by atoms with Gasteiger partial charge in [-0.25, -0.2) is 39.5 Å². The average Bonchev–Trinajstić information content (AvgIpc) is 0.948. The number of halogens is 14. The molecule has 0 bridgehead atoms. The number of nitrogen functional groups attached to an aromatic ring is 4. The van der Waals surface area contributed by atoms with Crippen LogP contribution in [-0.2, 0) is 43.0 Å². The Morgan fingerprint density at radius 1 is 0.538 bits per heavy atom. The van der Waals surface area contributed by atoms with E-state index < -0.39 is 55.9 Å². The van der Waals surface area contributed by atoms with Crippen molar-refractivity contribution in [2.24, 2.45) is 16.1 Å². The van der Waals surface area contributed by atoms with Crippen LogP contribution in [0.25, 0.3) is 44.1 Å². The number of nitriles is 1. The second-order valence-corrected chi connectivity index (χ2v) is 36.2. The van der Waals surface area contributed by atoms with E-state index in [0.717, 1.165) is 88.7 Å². The van der Waals surface area contributed by atoms with Crippen molar-refractivity contribution in [3.8, 4) is 6.07 Å². The quantitative estimate of drug-likeness (QED) is 0.00583. The van der Waals surface area contributed by atoms with Gasteiger partial charge in [-0.3, -0.25) is 93.7 Å². The zero-order chi connectivity index (χ0) is 111. The van der Waals surface area contributed by atoms with Crippen LogP contribution >= 0.6 is 92.5 Å². The summed E-state index contributed by atoms with van der Waals surface area (Å²) >= 11 is 19.2. The number of aromatic nitrogens is 8. The molecule has 145 heavy (non-hydrogen) atoms. The molecule has 1 aliphatic rings. The number of nitro groups is 2. The van der Waals surface area contributed by atoms with Crippen molar-refractivity contribution in [3.05, 3.63) is 299 Å². The van der Waals surface area contributed by atoms with E-state index in [1.54, 1.807) is 63.9 Å². The molecule has 2 atom stereocenters. The number of hydrogen-bond donors (Lipinski definition) is 9. The zero-order valence-corrected chi connectivity index (χ0v) is 88.5. The van der Waals surface area contributed by atoms with Crippen LogP contribution in [0.3, 0.4) is 0 Å². The molecule has 1 saturated heterocycles. The van der Waals surface area contributed by atoms with Gasteiger partial charge < -0.3 is 53.6 Å². The van der Waals surface area contributed by atoms with E-state index in [9.17, 15) is 83.7 Å². The number of aldehydes is 2. The Morgan fingerprint density at radius 2 is 0.931 bits per heavy atom. The van der Waals surface area contributed by atoms with Crippen molar-refractivity contribution < 1.29 is 103 Å². The molecule has 5 heterocycles. The topological polar surface area (TPSA) is 567 Å². The van der Waals surface area contributed by atoms with Crippen molar-refractivity contribution in [1.29, 1.82) is 5.26 Å². The number of anilines is 6. The van der Waals surface area contributed by atoms with Crippen LogP contribution < -0.4 is 38.9 Å². The van der Waals surface area contributed by atoms with Gasteiger partial charge in [0, 0.05) is 107 Å². The number of hydrogen-bond acceptors (Lipinski definition) is 31. The molecule has 52 heteroatoms. The number of aryl methyl sites for hydroxylation is 7. The predicted octanol–water partition coefficient (Wildman–Crippen LogP) is 21.7. The summed E-state index contributed by atoms with van der Waals surface area (Å²) < 4.78 is 128. The van der Waals surface area contributed by atoms with Gasteiger partial charge in [0.2, 0.25) is 11.8 Å². The SMILES string of the molecule is CC(=O)Nc1c(C)cc(F)cc1[N+](=O)[O-].CC(=O)Nc1ccc(F)cc1C.CC(=O)OC(C)=O.C[C@@H]1CNC[C@H](CC(=O)OC(C)(C)C)C1.Cc1cc(F)c(Br)c2nccnc12.Cc1cc(F)cc(N)c1N.Cc1cc(F)cc([N+](=O)[O-])c1N.Cc1cc(F)cc2nccnc12.Cc1cc(F)ccc1N.Fc1cc(C(Br)Br)c2nccnc2c1Br.N#Cc1cc(F)c(Br)c2nccnc12.O=CC=O.O=[N+]([O-])O.[B]=NS. The molecule has 1 fully saturated rings. The van der Waals surface area contributed by atoms with Crippen molar-refractivity contribution >= 4 is 232 Å². The fraction of sp³-hybridized carbons (Fsp3) is 0.247. The first-order valence-corrected chi connectivity index (χ1v) is 45.8. The van der Waals surface area contributed by atoms with Crippen LogP contribution in [0.1, 0.15) is 122 Å². The number of nitrogens with two attached hydrogens (primary N) is 4. The molecule has 14 rings (SSSR count). The third-order valence-corrected chi connectivity index (χ3v) is 20.8. The average molecular weight is 2360 g/mol. The second-order valence-electron chi connectivity index (χ2n) is 30.5. The molecule has 2 amide bonds. The standard InChI is InChI=1S/C12H23NO2.C9H4Br3FN2.C9H3BrFN3.C9H6BrFN2.C9H9FN2O3.C9H7FN2.C9H10FNO.C7H7FN2O2.C7H9FN2.C7H8FN.C4H6O3.C2H2O2.BHNS.HNO3/c1-9-5-10(8-13-7-9)6-11(14)15-12(2,3)4;10-6-5(13)3-4(9(11)12)7-8(6)15-2-1-14-7;10-7-6(11)3-5(4-12)8-9(7)14-2-1-13-8;1-5-4-6(11)7(10)9-8(5)12-2-3-13-9;1-5-3-7(10)4-8(12(14)15)9(5)11-6(2)13;1-6-4-7(10)5-8-9(6)12-3-2-11-8;1-6-5-8(10)3-4-9(6)11-7(2)12;1-4-2-5(8)3-6(7(4)9)10(11)12;1-4-2-5(8)3-6(9)7(4)10;1-5-4-6(8)2-3-7(5)9;1-3(5)7-4(2)6;3-1-2-4;1-2-3;2-1(3)4/h9-10,13H,5-8H2,1-4H3;1-3,9H;1-3H;2-4H,1H3;3-4H,1-2H3,(H,11,13);2-5H,1H3;3-5H,1-2H3,(H,11,12);2-3H,9H2,1H3;2-3H,9-10H2,1H3;2-4H,9H2,1H3;1-2H3;1-2H;3H;(H,2,3,4)/t9-,10-;;;;;;;;;;;;;/m0............./s1. The summed E-state index contributed by atoms with van der Waals surface area (Å²) in [6.07, 6.45) is 14.4. The van der Waals surface area contributed by atoms with Crippen LogP contribution in [0.15, 0.2) is 170 Å². The van der Waals surface area contributed by atoms with E-state index in [0.29, 0.717) is 99.7 Å². The van der Waals surface area contributed by atoms with Crippen LogP contribution in [0.4, 0.5) is 85.0 Å². The Labute approximate surface area is 872 Å². The molecule has 771 valence electrons. The molecule has 36 nitrogen and oxygen atoms in total. The van der Waals surface area contributed by atoms with Crippen molar-refractivity contribution in [1.82, 2.24) is 45.2 Å². The number of nitrogens with one attached hydrogen (secondary N) is 3. The van der Waals surface area contributed by atoms with Gasteiger partial charge in [-0.1, -0.05) is 38.8 Å². The molecular weight excluding hydrogens is 2270 g/mol. The van der Waals surface area contributed by atoms with Gasteiger partial charge in [0.15, 0.2) is 12.6 Å². The molecule has 0 saturated carbocycles. The Morgan fingerprint density at radius 3 is 1.37 bits per heavy atom. The first-order chi connectivity index (χ1) is 67.7. The molecule has 9 aromatic carbocycles. The number of carbonyl (C=O) groups excluding carboxylic acids is 7. The minimum atomic E-state index is -1.50. The van der Waals surface area contributed by atoms with Gasteiger partial charge >= 0.3 is 42.7 Å². The first kappa shape index (κ1) is 129. The van der Waals surface area contributed by atoms with Crippen LogP contribution in [0, 0.1) is 154 Å². The molecule has 1 radical (unpaired) electrons. The number of benzene rings is 9. The number of alkyl halides is 2. The number of nitrogens with zero attached hydrogens (tertiary/aromatic N) is 13. The predicted molar refractivity (Wildman–Crippen MR) is 552 cm³/mol. The number of rotatable bonds is 8. The van der Waals surface area contributed by atoms with E-state index in [-0.39, 0.29) is 95.8 Å². The molecule has 0 spiro atoms. The summed E-state index contributed by atoms with van der Waals surface area (Å²) in [5, 5.41) is 51.5. The molecule has 4 aromatic heterocycles. The van der Waals surface area contributed by atoms with Gasteiger partial charge in [-0.15, -0.1) is 10.1 Å². The van der Waals surface area contributed by atoms with Gasteiger partial charge in [0.05, 0.1) is 78.1 Å². The monoisotopic (exact) mass is 2360 g/mol. The van der Waals surface area contributed by atoms with Gasteiger partial charge in [0.1, 0.15) is 97.5 Å². The number of piperidine rings is 1. The van der Waals surface area contributed by atoms with Crippen LogP contribution in [0.2, 0.25) is 0 Å². The van der Waals surface area contributed by atoms with Gasteiger partial charge in [0.25, 0.3) is 16.5 Å². The van der Waals surface area contributed by atoms with Crippen LogP contribution in [-0.4, -0.2) is 129 Å². The molecule has 0 aliphatic carbocycles. The Bertz CT molecular complexity index is 6720. The minimum absolute atomic E-state index is 0.0152. The number of nitro benzene ring substituents is 2. The summed E-state index contributed by atoms with van der Waals surface area (Å²) in [4.78, 5) is 131. The van der Waals surface area contributed by atoms with Crippen molar-refractivity contribution in [2.45, 2.75) is 126 Å². The molecule has 13 aromatic rings. The zero-order valence-electron chi connectivity index (χ0n) is 79.7. The van der Waals surface area contributed by atoms with E-state index in [1.165, 1.54) is 121 Å². The Kier molecular flexibility index (Phi) is 58.0. The van der Waals surface area contributed by atoms with E-state index >= 15 is 0 Å². The number of fused-ring (bicyclic) bond motifs is 4. The number of thiol groups is 1. The third kappa shape index (κ3) is 48.2. The second kappa shape index (κ2) is 65.2. The van der Waals surface area contributed by atoms with Gasteiger partial charge in [-0.2, -0.15) is 5.26 Å². The number of amides is 2. The van der Waals surface area contributed by atoms with Crippen molar-refractivity contribution in [2.75, 3.05) is 46.7 Å². The van der Waals surface area contributed by atoms with E-state index in [1.807, 2.05) is 40.7 Å². The van der Waals surface area contributed by atoms with E-state index in [2.05, 4.69) is 172 Å². The fourth-order valence-electron chi connectivity index (χ4n) is 11.6. The summed E-state index contributed by atoms with van der Waals surface area (Å²) in [6, 6.07) is 23.7. The number of esters is 3. The normalized spacial score (nSPS) is 11.5. The Balaban J connectivity index is 0.000000792. The van der Waals surface area contributed by atoms with Crippen LogP contribution in [0.5, 0.6) is 0 Å². The molecular formula is C93H96BBr5F9N20O16S. The fourth-order valence-corrected chi connectivity index (χ4v) is 13.5. The maximum atomic E-state index is 13.5. The molecule has 12 N–H and O–H groups in total. The number of carbonyl (C=O) groups is 7.